The van der Waals surface area contributed by atoms with Crippen LogP contribution in [0.15, 0.2) is 0 Å². The molecule has 2 aliphatic rings. The molecular formula is C12H21NO2S. The average Bonchev–Trinajstić information content (AvgIpc) is 2.78. The molecule has 92 valence electrons. The van der Waals surface area contributed by atoms with E-state index in [1.807, 2.05) is 25.7 Å². The van der Waals surface area contributed by atoms with Crippen LogP contribution in [0.1, 0.15) is 40.0 Å². The summed E-state index contributed by atoms with van der Waals surface area (Å²) >= 11 is 2.06. The molecule has 2 rings (SSSR count). The van der Waals surface area contributed by atoms with Gasteiger partial charge >= 0.3 is 6.09 Å². The standard InChI is InChI=1S/C12H21NO2S/c1-12(2,3)15-11(14)13-7-6-10(8-13)16-9-4-5-9/h9-10H,4-8H2,1-3H3/t10-/m0/s1. The SMILES string of the molecule is CC(C)(C)OC(=O)N1CC[C@H](SC2CC2)C1. The summed E-state index contributed by atoms with van der Waals surface area (Å²) < 4.78 is 5.37. The topological polar surface area (TPSA) is 29.5 Å². The summed E-state index contributed by atoms with van der Waals surface area (Å²) in [5.41, 5.74) is -0.376. The minimum atomic E-state index is -0.376. The molecule has 0 unspecified atom stereocenters. The lowest BCUT2D eigenvalue weighted by Gasteiger charge is -2.24. The maximum Gasteiger partial charge on any atom is 0.410 e. The third kappa shape index (κ3) is 3.58. The molecule has 4 heteroatoms. The monoisotopic (exact) mass is 243 g/mol. The van der Waals surface area contributed by atoms with E-state index in [2.05, 4.69) is 11.8 Å². The van der Waals surface area contributed by atoms with Gasteiger partial charge in [0, 0.05) is 23.6 Å². The Morgan fingerprint density at radius 2 is 1.94 bits per heavy atom. The molecule has 1 amide bonds. The molecule has 0 N–H and O–H groups in total. The van der Waals surface area contributed by atoms with E-state index in [-0.39, 0.29) is 11.7 Å². The second kappa shape index (κ2) is 4.47. The fourth-order valence-corrected chi connectivity index (χ4v) is 3.27. The van der Waals surface area contributed by atoms with E-state index in [4.69, 9.17) is 4.74 Å². The van der Waals surface area contributed by atoms with Crippen molar-refractivity contribution in [2.75, 3.05) is 13.1 Å². The first-order chi connectivity index (χ1) is 7.44. The molecule has 0 aromatic heterocycles. The second-order valence-corrected chi connectivity index (χ2v) is 7.28. The normalized spacial score (nSPS) is 25.9. The Kier molecular flexibility index (Phi) is 3.38. The zero-order valence-corrected chi connectivity index (χ0v) is 11.2. The van der Waals surface area contributed by atoms with Crippen LogP contribution in [-0.4, -0.2) is 40.2 Å². The molecule has 0 bridgehead atoms. The van der Waals surface area contributed by atoms with Crippen molar-refractivity contribution in [3.05, 3.63) is 0 Å². The lowest BCUT2D eigenvalue weighted by Crippen LogP contribution is -2.35. The number of carbonyl (C=O) groups is 1. The molecule has 0 radical (unpaired) electrons. The summed E-state index contributed by atoms with van der Waals surface area (Å²) in [7, 11) is 0. The second-order valence-electron chi connectivity index (χ2n) is 5.67. The van der Waals surface area contributed by atoms with Gasteiger partial charge in [0.15, 0.2) is 0 Å². The highest BCUT2D eigenvalue weighted by Crippen LogP contribution is 2.39. The van der Waals surface area contributed by atoms with Crippen molar-refractivity contribution in [3.63, 3.8) is 0 Å². The first-order valence-electron chi connectivity index (χ1n) is 6.07. The van der Waals surface area contributed by atoms with Crippen LogP contribution in [0.2, 0.25) is 0 Å². The lowest BCUT2D eigenvalue weighted by molar-refractivity contribution is 0.0295. The van der Waals surface area contributed by atoms with Crippen LogP contribution < -0.4 is 0 Å². The molecule has 1 heterocycles. The first-order valence-corrected chi connectivity index (χ1v) is 7.02. The molecular weight excluding hydrogens is 222 g/mol. The van der Waals surface area contributed by atoms with Gasteiger partial charge in [0.25, 0.3) is 0 Å². The van der Waals surface area contributed by atoms with Gasteiger partial charge in [0.1, 0.15) is 5.60 Å². The molecule has 16 heavy (non-hydrogen) atoms. The number of likely N-dealkylation sites (tertiary alicyclic amines) is 1. The van der Waals surface area contributed by atoms with Gasteiger partial charge in [-0.25, -0.2) is 4.79 Å². The van der Waals surface area contributed by atoms with E-state index in [1.165, 1.54) is 12.8 Å². The summed E-state index contributed by atoms with van der Waals surface area (Å²) in [6.45, 7) is 7.47. The van der Waals surface area contributed by atoms with Gasteiger partial charge in [0.05, 0.1) is 0 Å². The van der Waals surface area contributed by atoms with Crippen LogP contribution in [0, 0.1) is 0 Å². The number of rotatable bonds is 2. The van der Waals surface area contributed by atoms with Gasteiger partial charge < -0.3 is 9.64 Å². The Hall–Kier alpha value is -0.380. The van der Waals surface area contributed by atoms with E-state index in [9.17, 15) is 4.79 Å². The smallest absolute Gasteiger partial charge is 0.410 e. The van der Waals surface area contributed by atoms with E-state index in [1.54, 1.807) is 0 Å². The minimum Gasteiger partial charge on any atom is -0.444 e. The van der Waals surface area contributed by atoms with Crippen LogP contribution >= 0.6 is 11.8 Å². The molecule has 2 fully saturated rings. The Bertz CT molecular complexity index is 271. The third-order valence-electron chi connectivity index (χ3n) is 2.71. The van der Waals surface area contributed by atoms with E-state index >= 15 is 0 Å². The first kappa shape index (κ1) is 12.1. The van der Waals surface area contributed by atoms with Crippen molar-refractivity contribution in [2.45, 2.75) is 56.1 Å². The summed E-state index contributed by atoms with van der Waals surface area (Å²) in [5.74, 6) is 0. The molecule has 1 saturated heterocycles. The predicted molar refractivity (Wildman–Crippen MR) is 66.8 cm³/mol. The van der Waals surface area contributed by atoms with Crippen molar-refractivity contribution in [3.8, 4) is 0 Å². The van der Waals surface area contributed by atoms with Crippen LogP contribution in [-0.2, 0) is 4.74 Å². The molecule has 1 saturated carbocycles. The van der Waals surface area contributed by atoms with Gasteiger partial charge in [-0.1, -0.05) is 0 Å². The zero-order chi connectivity index (χ0) is 11.8. The van der Waals surface area contributed by atoms with E-state index in [0.29, 0.717) is 5.25 Å². The maximum atomic E-state index is 11.8. The van der Waals surface area contributed by atoms with Gasteiger partial charge in [-0.3, -0.25) is 0 Å². The van der Waals surface area contributed by atoms with Gasteiger partial charge in [-0.2, -0.15) is 11.8 Å². The quantitative estimate of drug-likeness (QED) is 0.747. The summed E-state index contributed by atoms with van der Waals surface area (Å²) in [6.07, 6.45) is 3.72. The van der Waals surface area contributed by atoms with Crippen molar-refractivity contribution in [1.29, 1.82) is 0 Å². The minimum absolute atomic E-state index is 0.147. The fourth-order valence-electron chi connectivity index (χ4n) is 1.81. The summed E-state index contributed by atoms with van der Waals surface area (Å²) in [4.78, 5) is 13.7. The maximum absolute atomic E-state index is 11.8. The number of thioether (sulfide) groups is 1. The fraction of sp³-hybridized carbons (Fsp3) is 0.917. The Labute approximate surface area is 102 Å². The zero-order valence-electron chi connectivity index (χ0n) is 10.4. The highest BCUT2D eigenvalue weighted by molar-refractivity contribution is 8.00. The number of hydrogen-bond donors (Lipinski definition) is 0. The number of hydrogen-bond acceptors (Lipinski definition) is 3. The van der Waals surface area contributed by atoms with Crippen molar-refractivity contribution < 1.29 is 9.53 Å². The Morgan fingerprint density at radius 3 is 2.50 bits per heavy atom. The molecule has 0 aromatic rings. The number of amides is 1. The molecule has 0 aromatic carbocycles. The van der Waals surface area contributed by atoms with Crippen LogP contribution in [0.25, 0.3) is 0 Å². The molecule has 3 nitrogen and oxygen atoms in total. The van der Waals surface area contributed by atoms with Gasteiger partial charge in [-0.15, -0.1) is 0 Å². The van der Waals surface area contributed by atoms with Gasteiger partial charge in [-0.05, 0) is 40.0 Å². The molecule has 1 aliphatic heterocycles. The van der Waals surface area contributed by atoms with Crippen molar-refractivity contribution in [1.82, 2.24) is 4.90 Å². The van der Waals surface area contributed by atoms with Crippen LogP contribution in [0.3, 0.4) is 0 Å². The number of ether oxygens (including phenoxy) is 1. The molecule has 0 spiro atoms. The molecule has 1 atom stereocenters. The largest absolute Gasteiger partial charge is 0.444 e. The highest BCUT2D eigenvalue weighted by atomic mass is 32.2. The lowest BCUT2D eigenvalue weighted by atomic mass is 10.2. The average molecular weight is 243 g/mol. The van der Waals surface area contributed by atoms with E-state index < -0.39 is 0 Å². The Balaban J connectivity index is 1.76. The van der Waals surface area contributed by atoms with Crippen LogP contribution in [0.4, 0.5) is 4.79 Å². The summed E-state index contributed by atoms with van der Waals surface area (Å²) in [5, 5.41) is 1.52. The predicted octanol–water partition coefficient (Wildman–Crippen LogP) is 2.89. The Morgan fingerprint density at radius 1 is 1.25 bits per heavy atom. The number of carbonyl (C=O) groups excluding carboxylic acids is 1. The van der Waals surface area contributed by atoms with Crippen molar-refractivity contribution >= 4 is 17.9 Å². The number of nitrogens with zero attached hydrogens (tertiary/aromatic N) is 1. The highest BCUT2D eigenvalue weighted by Gasteiger charge is 2.33. The van der Waals surface area contributed by atoms with Gasteiger partial charge in [0.2, 0.25) is 0 Å². The molecule has 1 aliphatic carbocycles. The van der Waals surface area contributed by atoms with Crippen molar-refractivity contribution in [2.24, 2.45) is 0 Å². The third-order valence-corrected chi connectivity index (χ3v) is 4.33. The summed E-state index contributed by atoms with van der Waals surface area (Å²) in [6, 6.07) is 0. The van der Waals surface area contributed by atoms with Crippen LogP contribution in [0.5, 0.6) is 0 Å². The van der Waals surface area contributed by atoms with E-state index in [0.717, 1.165) is 24.8 Å².